The molecule has 0 atom stereocenters. The van der Waals surface area contributed by atoms with Crippen molar-refractivity contribution in [3.05, 3.63) is 0 Å². The number of amidine groups is 1. The van der Waals surface area contributed by atoms with Crippen molar-refractivity contribution >= 4 is 16.9 Å². The van der Waals surface area contributed by atoms with Gasteiger partial charge in [0.05, 0.1) is 0 Å². The molecule has 11 heavy (non-hydrogen) atoms. The topological polar surface area (TPSA) is 53.1 Å². The number of hydrogen-bond acceptors (Lipinski definition) is 3. The van der Waals surface area contributed by atoms with Crippen molar-refractivity contribution in [1.82, 2.24) is 4.90 Å². The second-order valence-electron chi connectivity index (χ2n) is 2.76. The van der Waals surface area contributed by atoms with Crippen LogP contribution in [0.15, 0.2) is 0 Å². The summed E-state index contributed by atoms with van der Waals surface area (Å²) in [7, 11) is 0. The van der Waals surface area contributed by atoms with Crippen molar-refractivity contribution in [2.45, 2.75) is 12.8 Å². The second-order valence-corrected chi connectivity index (χ2v) is 3.90. The Bertz CT molecular complexity index is 132. The molecule has 1 saturated heterocycles. The molecule has 1 aliphatic heterocycles. The number of thioether (sulfide) groups is 1. The maximum Gasteiger partial charge on any atom is 0.151 e. The minimum absolute atomic E-state index is 0.240. The van der Waals surface area contributed by atoms with Gasteiger partial charge in [-0.15, -0.1) is 0 Å². The number of likely N-dealkylation sites (tertiary alicyclic amines) is 1. The van der Waals surface area contributed by atoms with Gasteiger partial charge in [0.1, 0.15) is 0 Å². The van der Waals surface area contributed by atoms with Gasteiger partial charge in [-0.1, -0.05) is 11.8 Å². The van der Waals surface area contributed by atoms with E-state index in [4.69, 9.17) is 11.1 Å². The van der Waals surface area contributed by atoms with E-state index in [0.29, 0.717) is 0 Å². The molecule has 0 aromatic carbocycles. The molecule has 3 N–H and O–H groups in total. The Morgan fingerprint density at radius 2 is 2.09 bits per heavy atom. The van der Waals surface area contributed by atoms with Crippen LogP contribution in [0.2, 0.25) is 0 Å². The van der Waals surface area contributed by atoms with Crippen LogP contribution in [0.5, 0.6) is 0 Å². The first kappa shape index (κ1) is 8.87. The fourth-order valence-corrected chi connectivity index (χ4v) is 1.86. The predicted molar refractivity (Wildman–Crippen MR) is 50.0 cm³/mol. The molecule has 1 heterocycles. The molecule has 1 rings (SSSR count). The van der Waals surface area contributed by atoms with E-state index < -0.39 is 0 Å². The number of hydrogen-bond donors (Lipinski definition) is 2. The standard InChI is InChI=1S/C7H15N3S/c8-7(9)11-6-5-10-3-1-2-4-10/h1-6H2,(H3,8,9). The summed E-state index contributed by atoms with van der Waals surface area (Å²) in [6.45, 7) is 3.56. The van der Waals surface area contributed by atoms with E-state index >= 15 is 0 Å². The van der Waals surface area contributed by atoms with Gasteiger partial charge in [-0.2, -0.15) is 0 Å². The Morgan fingerprint density at radius 1 is 1.45 bits per heavy atom. The molecule has 0 spiro atoms. The number of nitrogens with one attached hydrogen (secondary N) is 1. The lowest BCUT2D eigenvalue weighted by Crippen LogP contribution is -2.23. The Morgan fingerprint density at radius 3 is 2.64 bits per heavy atom. The van der Waals surface area contributed by atoms with Gasteiger partial charge < -0.3 is 10.6 Å². The van der Waals surface area contributed by atoms with Crippen LogP contribution < -0.4 is 5.73 Å². The van der Waals surface area contributed by atoms with E-state index in [1.54, 1.807) is 0 Å². The highest BCUT2D eigenvalue weighted by Gasteiger charge is 2.10. The monoisotopic (exact) mass is 173 g/mol. The lowest BCUT2D eigenvalue weighted by atomic mass is 10.4. The third-order valence-corrected chi connectivity index (χ3v) is 2.56. The zero-order valence-corrected chi connectivity index (χ0v) is 7.49. The summed E-state index contributed by atoms with van der Waals surface area (Å²) in [5.41, 5.74) is 5.20. The molecule has 0 aromatic heterocycles. The maximum absolute atomic E-state index is 6.99. The lowest BCUT2D eigenvalue weighted by Gasteiger charge is -2.12. The molecular formula is C7H15N3S. The molecule has 1 aliphatic rings. The first-order valence-corrected chi connectivity index (χ1v) is 4.97. The van der Waals surface area contributed by atoms with Crippen molar-refractivity contribution in [2.75, 3.05) is 25.4 Å². The summed E-state index contributed by atoms with van der Waals surface area (Å²) in [6.07, 6.45) is 2.68. The number of nitrogens with two attached hydrogens (primary N) is 1. The molecule has 0 saturated carbocycles. The third-order valence-electron chi connectivity index (χ3n) is 1.86. The summed E-state index contributed by atoms with van der Waals surface area (Å²) in [5, 5.41) is 7.23. The van der Waals surface area contributed by atoms with Gasteiger partial charge in [-0.05, 0) is 25.9 Å². The minimum atomic E-state index is 0.240. The predicted octanol–water partition coefficient (Wildman–Crippen LogP) is 0.709. The highest BCUT2D eigenvalue weighted by molar-refractivity contribution is 8.13. The van der Waals surface area contributed by atoms with Crippen LogP contribution in [0.3, 0.4) is 0 Å². The van der Waals surface area contributed by atoms with Crippen molar-refractivity contribution in [3.8, 4) is 0 Å². The molecule has 0 aliphatic carbocycles. The SMILES string of the molecule is N=C(N)SCCN1CCCC1. The van der Waals surface area contributed by atoms with Gasteiger partial charge in [0, 0.05) is 12.3 Å². The Hall–Kier alpha value is -0.220. The van der Waals surface area contributed by atoms with E-state index in [1.165, 1.54) is 37.7 Å². The highest BCUT2D eigenvalue weighted by Crippen LogP contribution is 2.08. The molecule has 0 aromatic rings. The molecular weight excluding hydrogens is 158 g/mol. The number of rotatable bonds is 3. The normalized spacial score (nSPS) is 18.9. The van der Waals surface area contributed by atoms with E-state index in [-0.39, 0.29) is 5.17 Å². The van der Waals surface area contributed by atoms with Gasteiger partial charge in [0.15, 0.2) is 5.17 Å². The second kappa shape index (κ2) is 4.62. The quantitative estimate of drug-likeness (QED) is 0.488. The molecule has 4 heteroatoms. The molecule has 3 nitrogen and oxygen atoms in total. The van der Waals surface area contributed by atoms with Crippen LogP contribution in [0.1, 0.15) is 12.8 Å². The van der Waals surface area contributed by atoms with E-state index in [0.717, 1.165) is 12.3 Å². The summed E-state index contributed by atoms with van der Waals surface area (Å²) >= 11 is 1.44. The van der Waals surface area contributed by atoms with Gasteiger partial charge in [-0.25, -0.2) is 0 Å². The molecule has 0 amide bonds. The molecule has 0 bridgehead atoms. The van der Waals surface area contributed by atoms with Gasteiger partial charge in [-0.3, -0.25) is 5.41 Å². The third kappa shape index (κ3) is 3.62. The Kier molecular flexibility index (Phi) is 3.72. The van der Waals surface area contributed by atoms with Crippen LogP contribution in [-0.4, -0.2) is 35.5 Å². The van der Waals surface area contributed by atoms with Crippen LogP contribution in [0, 0.1) is 5.41 Å². The fourth-order valence-electron chi connectivity index (χ4n) is 1.29. The average Bonchev–Trinajstić information content (AvgIpc) is 2.39. The summed E-state index contributed by atoms with van der Waals surface area (Å²) in [4.78, 5) is 2.43. The largest absolute Gasteiger partial charge is 0.379 e. The van der Waals surface area contributed by atoms with E-state index in [1.807, 2.05) is 0 Å². The van der Waals surface area contributed by atoms with Crippen LogP contribution in [-0.2, 0) is 0 Å². The molecule has 0 unspecified atom stereocenters. The van der Waals surface area contributed by atoms with Gasteiger partial charge >= 0.3 is 0 Å². The first-order valence-electron chi connectivity index (χ1n) is 3.98. The van der Waals surface area contributed by atoms with Crippen LogP contribution >= 0.6 is 11.8 Å². The number of nitrogens with zero attached hydrogens (tertiary/aromatic N) is 1. The first-order chi connectivity index (χ1) is 5.29. The van der Waals surface area contributed by atoms with Crippen LogP contribution in [0.25, 0.3) is 0 Å². The summed E-state index contributed by atoms with van der Waals surface area (Å²) in [5.74, 6) is 0.968. The minimum Gasteiger partial charge on any atom is -0.379 e. The average molecular weight is 173 g/mol. The fraction of sp³-hybridized carbons (Fsp3) is 0.857. The van der Waals surface area contributed by atoms with E-state index in [9.17, 15) is 0 Å². The lowest BCUT2D eigenvalue weighted by molar-refractivity contribution is 0.362. The van der Waals surface area contributed by atoms with Crippen molar-refractivity contribution < 1.29 is 0 Å². The smallest absolute Gasteiger partial charge is 0.151 e. The maximum atomic E-state index is 6.99. The molecule has 1 fully saturated rings. The van der Waals surface area contributed by atoms with E-state index in [2.05, 4.69) is 4.90 Å². The highest BCUT2D eigenvalue weighted by atomic mass is 32.2. The van der Waals surface area contributed by atoms with Crippen molar-refractivity contribution in [1.29, 1.82) is 5.41 Å². The summed E-state index contributed by atoms with van der Waals surface area (Å²) < 4.78 is 0. The molecule has 64 valence electrons. The van der Waals surface area contributed by atoms with Gasteiger partial charge in [0.25, 0.3) is 0 Å². The Balaban J connectivity index is 1.98. The Labute approximate surface area is 71.8 Å². The summed E-state index contributed by atoms with van der Waals surface area (Å²) in [6, 6.07) is 0. The molecule has 0 radical (unpaired) electrons. The van der Waals surface area contributed by atoms with Crippen LogP contribution in [0.4, 0.5) is 0 Å². The van der Waals surface area contributed by atoms with Crippen molar-refractivity contribution in [2.24, 2.45) is 5.73 Å². The van der Waals surface area contributed by atoms with Gasteiger partial charge in [0.2, 0.25) is 0 Å². The zero-order chi connectivity index (χ0) is 8.10. The zero-order valence-electron chi connectivity index (χ0n) is 6.68. The van der Waals surface area contributed by atoms with Crippen molar-refractivity contribution in [3.63, 3.8) is 0 Å².